The maximum Gasteiger partial charge on any atom is 0.147 e. The largest absolute Gasteiger partial charge is 0.411 e. The molecule has 0 saturated heterocycles. The molecule has 1 rings (SSSR count). The second kappa shape index (κ2) is 6.15. The van der Waals surface area contributed by atoms with Gasteiger partial charge in [0.1, 0.15) is 6.29 Å². The second-order valence-corrected chi connectivity index (χ2v) is 4.07. The van der Waals surface area contributed by atoms with E-state index in [1.165, 1.54) is 6.21 Å². The lowest BCUT2D eigenvalue weighted by molar-refractivity contribution is -0.105. The number of carbonyl (C=O) groups excluding carboxylic acids is 1. The first-order chi connectivity index (χ1) is 8.15. The van der Waals surface area contributed by atoms with Crippen LogP contribution in [0.5, 0.6) is 0 Å². The lowest BCUT2D eigenvalue weighted by atomic mass is 9.87. The van der Waals surface area contributed by atoms with Crippen LogP contribution in [0.4, 0.5) is 0 Å². The molecule has 0 aromatic carbocycles. The lowest BCUT2D eigenvalue weighted by Gasteiger charge is -2.35. The molecular formula is C11H17N3O3. The average Bonchev–Trinajstić information content (AvgIpc) is 2.35. The molecule has 0 aliphatic carbocycles. The van der Waals surface area contributed by atoms with E-state index >= 15 is 0 Å². The Balaban J connectivity index is 3.10. The van der Waals surface area contributed by atoms with E-state index in [2.05, 4.69) is 10.3 Å². The van der Waals surface area contributed by atoms with E-state index < -0.39 is 5.92 Å². The smallest absolute Gasteiger partial charge is 0.147 e. The Morgan fingerprint density at radius 2 is 2.35 bits per heavy atom. The van der Waals surface area contributed by atoms with E-state index in [1.54, 1.807) is 6.92 Å². The van der Waals surface area contributed by atoms with Gasteiger partial charge in [-0.3, -0.25) is 9.69 Å². The monoisotopic (exact) mass is 239 g/mol. The first kappa shape index (κ1) is 13.4. The van der Waals surface area contributed by atoms with Gasteiger partial charge in [-0.1, -0.05) is 11.2 Å². The molecule has 6 heteroatoms. The van der Waals surface area contributed by atoms with Crippen LogP contribution in [-0.4, -0.2) is 53.2 Å². The molecule has 0 saturated carbocycles. The SMILES string of the molecule is C/C(=N/O)C(/C=N\O)C1C(C=O)=CCCN1C. The summed E-state index contributed by atoms with van der Waals surface area (Å²) in [6.07, 6.45) is 4.74. The number of nitrogens with zero attached hydrogens (tertiary/aromatic N) is 3. The van der Waals surface area contributed by atoms with Crippen LogP contribution < -0.4 is 0 Å². The Labute approximate surface area is 99.9 Å². The summed E-state index contributed by atoms with van der Waals surface area (Å²) in [7, 11) is 1.88. The van der Waals surface area contributed by atoms with Crippen molar-refractivity contribution < 1.29 is 15.2 Å². The fraction of sp³-hybridized carbons (Fsp3) is 0.545. The van der Waals surface area contributed by atoms with Crippen molar-refractivity contribution in [2.45, 2.75) is 19.4 Å². The van der Waals surface area contributed by atoms with Gasteiger partial charge in [-0.15, -0.1) is 5.16 Å². The van der Waals surface area contributed by atoms with Crippen LogP contribution in [0.2, 0.25) is 0 Å². The molecule has 0 fully saturated rings. The fourth-order valence-corrected chi connectivity index (χ4v) is 2.10. The van der Waals surface area contributed by atoms with Crippen molar-refractivity contribution in [3.05, 3.63) is 11.6 Å². The zero-order chi connectivity index (χ0) is 12.8. The molecule has 0 amide bonds. The molecule has 17 heavy (non-hydrogen) atoms. The fourth-order valence-electron chi connectivity index (χ4n) is 2.10. The maximum absolute atomic E-state index is 11.0. The van der Waals surface area contributed by atoms with Crippen molar-refractivity contribution in [3.63, 3.8) is 0 Å². The quantitative estimate of drug-likeness (QED) is 0.328. The highest BCUT2D eigenvalue weighted by Gasteiger charge is 2.31. The number of oxime groups is 2. The number of hydrogen-bond donors (Lipinski definition) is 2. The summed E-state index contributed by atoms with van der Waals surface area (Å²) in [6.45, 7) is 2.42. The average molecular weight is 239 g/mol. The minimum atomic E-state index is -0.424. The highest BCUT2D eigenvalue weighted by Crippen LogP contribution is 2.22. The van der Waals surface area contributed by atoms with E-state index in [9.17, 15) is 4.79 Å². The van der Waals surface area contributed by atoms with Gasteiger partial charge in [0, 0.05) is 12.1 Å². The minimum absolute atomic E-state index is 0.256. The summed E-state index contributed by atoms with van der Waals surface area (Å²) < 4.78 is 0. The second-order valence-electron chi connectivity index (χ2n) is 4.07. The summed E-state index contributed by atoms with van der Waals surface area (Å²) in [6, 6.07) is -0.256. The van der Waals surface area contributed by atoms with Crippen molar-refractivity contribution in [2.75, 3.05) is 13.6 Å². The van der Waals surface area contributed by atoms with Gasteiger partial charge in [-0.25, -0.2) is 0 Å². The molecule has 0 bridgehead atoms. The third-order valence-electron chi connectivity index (χ3n) is 3.02. The van der Waals surface area contributed by atoms with Gasteiger partial charge in [-0.2, -0.15) is 0 Å². The minimum Gasteiger partial charge on any atom is -0.411 e. The zero-order valence-electron chi connectivity index (χ0n) is 9.95. The molecule has 2 atom stereocenters. The summed E-state index contributed by atoms with van der Waals surface area (Å²) in [5.41, 5.74) is 1.01. The van der Waals surface area contributed by atoms with Crippen LogP contribution in [0, 0.1) is 5.92 Å². The van der Waals surface area contributed by atoms with E-state index in [4.69, 9.17) is 10.4 Å². The molecule has 0 aromatic rings. The molecule has 2 N–H and O–H groups in total. The van der Waals surface area contributed by atoms with Crippen LogP contribution in [0.25, 0.3) is 0 Å². The number of carbonyl (C=O) groups is 1. The van der Waals surface area contributed by atoms with Gasteiger partial charge in [-0.05, 0) is 20.4 Å². The Kier molecular flexibility index (Phi) is 4.84. The lowest BCUT2D eigenvalue weighted by Crippen LogP contribution is -2.45. The third kappa shape index (κ3) is 2.91. The van der Waals surface area contributed by atoms with Gasteiger partial charge in [0.25, 0.3) is 0 Å². The van der Waals surface area contributed by atoms with Crippen molar-refractivity contribution in [1.29, 1.82) is 0 Å². The molecule has 2 unspecified atom stereocenters. The van der Waals surface area contributed by atoms with Gasteiger partial charge in [0.05, 0.1) is 23.9 Å². The highest BCUT2D eigenvalue weighted by molar-refractivity contribution is 5.99. The molecule has 1 heterocycles. The van der Waals surface area contributed by atoms with Crippen molar-refractivity contribution in [1.82, 2.24) is 4.90 Å². The van der Waals surface area contributed by atoms with Crippen molar-refractivity contribution in [3.8, 4) is 0 Å². The van der Waals surface area contributed by atoms with Crippen molar-refractivity contribution in [2.24, 2.45) is 16.2 Å². The Morgan fingerprint density at radius 3 is 2.88 bits per heavy atom. The van der Waals surface area contributed by atoms with Crippen LogP contribution in [0.3, 0.4) is 0 Å². The summed E-state index contributed by atoms with van der Waals surface area (Å²) >= 11 is 0. The number of hydrogen-bond acceptors (Lipinski definition) is 6. The van der Waals surface area contributed by atoms with E-state index in [0.717, 1.165) is 19.3 Å². The normalized spacial score (nSPS) is 24.7. The third-order valence-corrected chi connectivity index (χ3v) is 3.02. The summed E-state index contributed by atoms with van der Waals surface area (Å²) in [5, 5.41) is 23.6. The Morgan fingerprint density at radius 1 is 1.65 bits per heavy atom. The zero-order valence-corrected chi connectivity index (χ0v) is 9.95. The van der Waals surface area contributed by atoms with Gasteiger partial charge in [0.2, 0.25) is 0 Å². The number of rotatable bonds is 4. The topological polar surface area (TPSA) is 85.5 Å². The molecule has 1 aliphatic rings. The maximum atomic E-state index is 11.0. The first-order valence-corrected chi connectivity index (χ1v) is 5.37. The van der Waals surface area contributed by atoms with E-state index in [0.29, 0.717) is 11.3 Å². The molecule has 0 spiro atoms. The molecule has 94 valence electrons. The Bertz CT molecular complexity index is 363. The van der Waals surface area contributed by atoms with Crippen LogP contribution in [0.1, 0.15) is 13.3 Å². The Hall–Kier alpha value is -1.69. The predicted octanol–water partition coefficient (Wildman–Crippen LogP) is 0.742. The molecule has 1 aliphatic heterocycles. The molecule has 0 aromatic heterocycles. The van der Waals surface area contributed by atoms with Gasteiger partial charge < -0.3 is 10.4 Å². The number of aldehydes is 1. The number of likely N-dealkylation sites (N-methyl/N-ethyl adjacent to an activating group) is 1. The standard InChI is InChI=1S/C11H17N3O3/c1-8(13-17)10(6-12-16)11-9(7-15)4-3-5-14(11)2/h4,6-7,10-11,16-17H,3,5H2,1-2H3/b12-6-,13-8-. The summed E-state index contributed by atoms with van der Waals surface area (Å²) in [4.78, 5) is 13.0. The molecule has 0 radical (unpaired) electrons. The first-order valence-electron chi connectivity index (χ1n) is 5.37. The van der Waals surface area contributed by atoms with Gasteiger partial charge in [0.15, 0.2) is 0 Å². The summed E-state index contributed by atoms with van der Waals surface area (Å²) in [5.74, 6) is -0.424. The van der Waals surface area contributed by atoms with E-state index in [1.807, 2.05) is 18.0 Å². The van der Waals surface area contributed by atoms with Gasteiger partial charge >= 0.3 is 0 Å². The van der Waals surface area contributed by atoms with E-state index in [-0.39, 0.29) is 6.04 Å². The van der Waals surface area contributed by atoms with Crippen LogP contribution >= 0.6 is 0 Å². The molecular weight excluding hydrogens is 222 g/mol. The van der Waals surface area contributed by atoms with Crippen LogP contribution in [-0.2, 0) is 4.79 Å². The predicted molar refractivity (Wildman–Crippen MR) is 63.8 cm³/mol. The van der Waals surface area contributed by atoms with Crippen molar-refractivity contribution >= 4 is 18.2 Å². The highest BCUT2D eigenvalue weighted by atomic mass is 16.4. The molecule has 6 nitrogen and oxygen atoms in total. The van der Waals surface area contributed by atoms with Crippen LogP contribution in [0.15, 0.2) is 22.0 Å².